The van der Waals surface area contributed by atoms with Crippen molar-refractivity contribution in [2.75, 3.05) is 6.61 Å². The van der Waals surface area contributed by atoms with Gasteiger partial charge in [-0.15, -0.1) is 0 Å². The molecular formula is C25H46N2O7. The van der Waals surface area contributed by atoms with Crippen molar-refractivity contribution in [3.8, 4) is 0 Å². The Kier molecular flexibility index (Phi) is 16.2. The molecule has 1 aliphatic carbocycles. The Hall–Kier alpha value is -1.36. The molecule has 34 heavy (non-hydrogen) atoms. The van der Waals surface area contributed by atoms with E-state index in [1.54, 1.807) is 6.92 Å². The first-order valence-corrected chi connectivity index (χ1v) is 12.9. The summed E-state index contributed by atoms with van der Waals surface area (Å²) < 4.78 is 0. The molecule has 1 amide bonds. The van der Waals surface area contributed by atoms with Gasteiger partial charge in [0.15, 0.2) is 0 Å². The van der Waals surface area contributed by atoms with Crippen molar-refractivity contribution in [2.45, 2.75) is 116 Å². The predicted octanol–water partition coefficient (Wildman–Crippen LogP) is 3.69. The third-order valence-electron chi connectivity index (χ3n) is 6.53. The molecule has 1 saturated carbocycles. The second-order valence-corrected chi connectivity index (χ2v) is 9.56. The van der Waals surface area contributed by atoms with E-state index in [0.29, 0.717) is 51.4 Å². The van der Waals surface area contributed by atoms with Crippen LogP contribution >= 0.6 is 0 Å². The van der Waals surface area contributed by atoms with Crippen molar-refractivity contribution in [3.63, 3.8) is 0 Å². The van der Waals surface area contributed by atoms with E-state index in [1.165, 1.54) is 19.3 Å². The number of ketones is 1. The number of rotatable bonds is 19. The Morgan fingerprint density at radius 2 is 1.71 bits per heavy atom. The Bertz CT molecular complexity index is 600. The van der Waals surface area contributed by atoms with Crippen LogP contribution in [0.3, 0.4) is 0 Å². The SMILES string of the molecule is CCCCCCCC(=O)CC[C@@H]1[C@@H](C/C=C\CCCC(=O)NC(C)CON(O)O)[C@@H](O)C[C@H]1O. The average Bonchev–Trinajstić information content (AvgIpc) is 3.05. The van der Waals surface area contributed by atoms with Crippen LogP contribution in [0.5, 0.6) is 0 Å². The van der Waals surface area contributed by atoms with Gasteiger partial charge in [-0.1, -0.05) is 44.8 Å². The number of amides is 1. The van der Waals surface area contributed by atoms with Crippen molar-refractivity contribution < 1.29 is 35.1 Å². The quantitative estimate of drug-likeness (QED) is 0.106. The number of Topliss-reactive ketones (excluding diaryl/α,β-unsaturated/α-hetero) is 1. The van der Waals surface area contributed by atoms with Crippen molar-refractivity contribution in [2.24, 2.45) is 11.8 Å². The lowest BCUT2D eigenvalue weighted by molar-refractivity contribution is -0.493. The zero-order chi connectivity index (χ0) is 25.3. The number of carbonyl (C=O) groups is 2. The van der Waals surface area contributed by atoms with Crippen LogP contribution in [-0.2, 0) is 14.4 Å². The highest BCUT2D eigenvalue weighted by Crippen LogP contribution is 2.38. The van der Waals surface area contributed by atoms with E-state index >= 15 is 0 Å². The summed E-state index contributed by atoms with van der Waals surface area (Å²) in [6.45, 7) is 3.81. The van der Waals surface area contributed by atoms with Gasteiger partial charge in [0.05, 0.1) is 30.2 Å². The Morgan fingerprint density at radius 1 is 1.00 bits per heavy atom. The maximum atomic E-state index is 12.2. The molecule has 1 fully saturated rings. The molecule has 0 aromatic heterocycles. The van der Waals surface area contributed by atoms with Gasteiger partial charge in [0.25, 0.3) is 0 Å². The summed E-state index contributed by atoms with van der Waals surface area (Å²) in [7, 11) is 0. The maximum absolute atomic E-state index is 12.2. The van der Waals surface area contributed by atoms with E-state index in [4.69, 9.17) is 10.4 Å². The van der Waals surface area contributed by atoms with Crippen molar-refractivity contribution >= 4 is 11.7 Å². The molecule has 0 saturated heterocycles. The minimum atomic E-state index is -0.566. The van der Waals surface area contributed by atoms with Gasteiger partial charge in [-0.3, -0.25) is 20.0 Å². The number of hydrogen-bond donors (Lipinski definition) is 5. The lowest BCUT2D eigenvalue weighted by Gasteiger charge is -2.22. The van der Waals surface area contributed by atoms with Crippen molar-refractivity contribution in [1.82, 2.24) is 10.7 Å². The molecule has 0 aromatic carbocycles. The van der Waals surface area contributed by atoms with Crippen LogP contribution in [0, 0.1) is 11.8 Å². The molecule has 5 N–H and O–H groups in total. The summed E-state index contributed by atoms with van der Waals surface area (Å²) in [6, 6.07) is -0.356. The Balaban J connectivity index is 2.27. The number of hydrogen-bond acceptors (Lipinski definition) is 8. The lowest BCUT2D eigenvalue weighted by Crippen LogP contribution is -2.37. The van der Waals surface area contributed by atoms with Gasteiger partial charge in [-0.05, 0) is 57.3 Å². The summed E-state index contributed by atoms with van der Waals surface area (Å²) in [5, 5.41) is 40.1. The molecule has 1 unspecified atom stereocenters. The molecular weight excluding hydrogens is 440 g/mol. The molecule has 9 heteroatoms. The van der Waals surface area contributed by atoms with E-state index in [9.17, 15) is 19.8 Å². The zero-order valence-electron chi connectivity index (χ0n) is 20.9. The highest BCUT2D eigenvalue weighted by Gasteiger charge is 2.40. The number of aliphatic hydroxyl groups excluding tert-OH is 2. The molecule has 5 atom stereocenters. The second-order valence-electron chi connectivity index (χ2n) is 9.56. The molecule has 198 valence electrons. The maximum Gasteiger partial charge on any atom is 0.220 e. The van der Waals surface area contributed by atoms with E-state index in [2.05, 4.69) is 17.1 Å². The number of aliphatic hydroxyl groups is 2. The third kappa shape index (κ3) is 13.5. The molecule has 0 aromatic rings. The van der Waals surface area contributed by atoms with Gasteiger partial charge in [0.1, 0.15) is 5.78 Å². The zero-order valence-corrected chi connectivity index (χ0v) is 20.9. The Labute approximate surface area is 204 Å². The molecule has 0 spiro atoms. The van der Waals surface area contributed by atoms with Gasteiger partial charge < -0.3 is 15.5 Å². The summed E-state index contributed by atoms with van der Waals surface area (Å²) in [4.78, 5) is 28.6. The number of unbranched alkanes of at least 4 members (excludes halogenated alkanes) is 5. The van der Waals surface area contributed by atoms with Crippen LogP contribution in [0.15, 0.2) is 12.2 Å². The van der Waals surface area contributed by atoms with E-state index in [-0.39, 0.29) is 41.6 Å². The first-order valence-electron chi connectivity index (χ1n) is 12.9. The lowest BCUT2D eigenvalue weighted by atomic mass is 9.86. The topological polar surface area (TPSA) is 140 Å². The predicted molar refractivity (Wildman–Crippen MR) is 128 cm³/mol. The molecule has 0 bridgehead atoms. The van der Waals surface area contributed by atoms with E-state index < -0.39 is 12.2 Å². The number of allylic oxidation sites excluding steroid dienone is 2. The van der Waals surface area contributed by atoms with Gasteiger partial charge in [0, 0.05) is 19.3 Å². The monoisotopic (exact) mass is 486 g/mol. The molecule has 0 aliphatic heterocycles. The fraction of sp³-hybridized carbons (Fsp3) is 0.840. The Morgan fingerprint density at radius 3 is 2.41 bits per heavy atom. The highest BCUT2D eigenvalue weighted by molar-refractivity contribution is 5.78. The molecule has 1 rings (SSSR count). The summed E-state index contributed by atoms with van der Waals surface area (Å²) in [5.41, 5.74) is 0. The molecule has 9 nitrogen and oxygen atoms in total. The molecule has 1 aliphatic rings. The van der Waals surface area contributed by atoms with Gasteiger partial charge in [0.2, 0.25) is 5.91 Å². The minimum absolute atomic E-state index is 0.0506. The van der Waals surface area contributed by atoms with Gasteiger partial charge >= 0.3 is 0 Å². The smallest absolute Gasteiger partial charge is 0.220 e. The minimum Gasteiger partial charge on any atom is -0.393 e. The summed E-state index contributed by atoms with van der Waals surface area (Å²) in [5.74, 6) is -0.00254. The second kappa shape index (κ2) is 18.0. The van der Waals surface area contributed by atoms with Crippen LogP contribution in [0.25, 0.3) is 0 Å². The standard InChI is InChI=1S/C25H46N2O7/c1-3-4-5-6-9-12-20(28)15-16-22-21(23(29)17-24(22)30)13-10-7-8-11-14-25(31)26-19(2)18-34-27(32)33/h7,10,19,21-24,29-30,32-33H,3-6,8-9,11-18H2,1-2H3,(H,26,31)/b10-7-/t19?,21-,22-,23+,24-/m1/s1. The third-order valence-corrected chi connectivity index (χ3v) is 6.53. The van der Waals surface area contributed by atoms with Crippen LogP contribution in [0.1, 0.15) is 97.3 Å². The van der Waals surface area contributed by atoms with Crippen molar-refractivity contribution in [1.29, 1.82) is 0 Å². The fourth-order valence-electron chi connectivity index (χ4n) is 4.60. The summed E-state index contributed by atoms with van der Waals surface area (Å²) >= 11 is 0. The number of nitrogens with zero attached hydrogens (tertiary/aromatic N) is 1. The van der Waals surface area contributed by atoms with E-state index in [1.807, 2.05) is 12.2 Å². The number of nitrogens with one attached hydrogen (secondary N) is 1. The van der Waals surface area contributed by atoms with Gasteiger partial charge in [-0.2, -0.15) is 0 Å². The summed E-state index contributed by atoms with van der Waals surface area (Å²) in [6.07, 6.45) is 12.9. The first-order chi connectivity index (χ1) is 16.2. The average molecular weight is 487 g/mol. The van der Waals surface area contributed by atoms with Gasteiger partial charge in [-0.25, -0.2) is 4.84 Å². The molecule has 0 heterocycles. The largest absolute Gasteiger partial charge is 0.393 e. The van der Waals surface area contributed by atoms with E-state index in [0.717, 1.165) is 12.8 Å². The number of carbonyl (C=O) groups excluding carboxylic acids is 2. The van der Waals surface area contributed by atoms with Crippen LogP contribution < -0.4 is 5.32 Å². The van der Waals surface area contributed by atoms with Crippen LogP contribution in [0.2, 0.25) is 0 Å². The normalized spacial score (nSPS) is 23.6. The first kappa shape index (κ1) is 30.7. The molecule has 0 radical (unpaired) electrons. The van der Waals surface area contributed by atoms with Crippen LogP contribution in [0.4, 0.5) is 0 Å². The van der Waals surface area contributed by atoms with Crippen LogP contribution in [-0.4, -0.2) is 62.6 Å². The highest BCUT2D eigenvalue weighted by atomic mass is 17.1. The fourth-order valence-corrected chi connectivity index (χ4v) is 4.60. The van der Waals surface area contributed by atoms with Crippen molar-refractivity contribution in [3.05, 3.63) is 12.2 Å².